The average Bonchev–Trinajstić information content (AvgIpc) is 2.35. The lowest BCUT2D eigenvalue weighted by atomic mass is 10.0. The van der Waals surface area contributed by atoms with Gasteiger partial charge in [0.2, 0.25) is 6.10 Å². The van der Waals surface area contributed by atoms with Gasteiger partial charge in [0.25, 0.3) is 0 Å². The Morgan fingerprint density at radius 3 is 2.63 bits per heavy atom. The Kier molecular flexibility index (Phi) is 3.49. The van der Waals surface area contributed by atoms with Gasteiger partial charge in [0, 0.05) is 10.5 Å². The molecule has 0 spiro atoms. The molecule has 1 aliphatic rings. The summed E-state index contributed by atoms with van der Waals surface area (Å²) >= 11 is 1.40. The molecule has 0 fully saturated rings. The molecular weight excluding hydrogens is 281 g/mol. The molecule has 1 aromatic rings. The van der Waals surface area contributed by atoms with E-state index in [-0.39, 0.29) is 5.75 Å². The van der Waals surface area contributed by atoms with Gasteiger partial charge in [-0.15, -0.1) is 11.8 Å². The highest BCUT2D eigenvalue weighted by molar-refractivity contribution is 7.98. The van der Waals surface area contributed by atoms with Gasteiger partial charge >= 0.3 is 12.1 Å². The van der Waals surface area contributed by atoms with Crippen molar-refractivity contribution in [1.82, 2.24) is 0 Å². The van der Waals surface area contributed by atoms with E-state index in [0.29, 0.717) is 5.56 Å². The average molecular weight is 290 g/mol. The zero-order valence-electron chi connectivity index (χ0n) is 9.69. The Morgan fingerprint density at radius 1 is 1.42 bits per heavy atom. The van der Waals surface area contributed by atoms with Gasteiger partial charge in [-0.2, -0.15) is 13.2 Å². The number of halogens is 3. The lowest BCUT2D eigenvalue weighted by Crippen LogP contribution is -2.40. The summed E-state index contributed by atoms with van der Waals surface area (Å²) in [7, 11) is 0. The summed E-state index contributed by atoms with van der Waals surface area (Å²) in [6.45, 7) is 0. The minimum Gasteiger partial charge on any atom is -0.478 e. The van der Waals surface area contributed by atoms with Gasteiger partial charge < -0.3 is 9.84 Å². The van der Waals surface area contributed by atoms with E-state index < -0.39 is 23.8 Å². The number of hydrogen-bond donors (Lipinski definition) is 1. The minimum absolute atomic E-state index is 0.0325. The van der Waals surface area contributed by atoms with Crippen LogP contribution < -0.4 is 4.74 Å². The van der Waals surface area contributed by atoms with Crippen LogP contribution in [0, 0.1) is 0 Å². The van der Waals surface area contributed by atoms with Crippen molar-refractivity contribution in [2.45, 2.75) is 17.2 Å². The maximum atomic E-state index is 12.8. The molecule has 1 N–H and O–H groups in total. The van der Waals surface area contributed by atoms with E-state index >= 15 is 0 Å². The molecule has 3 nitrogen and oxygen atoms in total. The lowest BCUT2D eigenvalue weighted by molar-refractivity contribution is -0.187. The molecule has 1 aromatic carbocycles. The molecule has 7 heteroatoms. The van der Waals surface area contributed by atoms with E-state index in [4.69, 9.17) is 9.84 Å². The molecule has 1 atom stereocenters. The van der Waals surface area contributed by atoms with Crippen LogP contribution in [-0.4, -0.2) is 29.6 Å². The molecule has 0 aromatic heterocycles. The first-order valence-corrected chi connectivity index (χ1v) is 6.41. The molecule has 0 radical (unpaired) electrons. The first-order chi connectivity index (χ1) is 8.82. The van der Waals surface area contributed by atoms with Crippen LogP contribution in [-0.2, 0) is 4.79 Å². The molecule has 1 unspecified atom stereocenters. The van der Waals surface area contributed by atoms with Crippen LogP contribution in [0.1, 0.15) is 5.56 Å². The first-order valence-electron chi connectivity index (χ1n) is 5.19. The summed E-state index contributed by atoms with van der Waals surface area (Å²) in [5, 5.41) is 8.87. The Morgan fingerprint density at radius 2 is 2.11 bits per heavy atom. The van der Waals surface area contributed by atoms with Crippen LogP contribution in [0.2, 0.25) is 0 Å². The molecule has 1 aliphatic heterocycles. The minimum atomic E-state index is -4.76. The van der Waals surface area contributed by atoms with Gasteiger partial charge in [-0.1, -0.05) is 0 Å². The summed E-state index contributed by atoms with van der Waals surface area (Å²) in [6, 6.07) is 4.63. The van der Waals surface area contributed by atoms with Crippen molar-refractivity contribution in [3.05, 3.63) is 29.3 Å². The molecule has 19 heavy (non-hydrogen) atoms. The molecule has 1 heterocycles. The predicted molar refractivity (Wildman–Crippen MR) is 64.3 cm³/mol. The number of alkyl halides is 3. The lowest BCUT2D eigenvalue weighted by Gasteiger charge is -2.27. The van der Waals surface area contributed by atoms with Crippen molar-refractivity contribution in [1.29, 1.82) is 0 Å². The number of aliphatic carboxylic acids is 1. The normalized spacial score (nSPS) is 18.3. The number of ether oxygens (including phenoxy) is 1. The Hall–Kier alpha value is -1.63. The maximum absolute atomic E-state index is 12.8. The van der Waals surface area contributed by atoms with Crippen LogP contribution in [0.5, 0.6) is 5.75 Å². The monoisotopic (exact) mass is 290 g/mol. The third-order valence-corrected chi connectivity index (χ3v) is 3.32. The second-order valence-electron chi connectivity index (χ2n) is 3.85. The molecule has 0 aliphatic carbocycles. The summed E-state index contributed by atoms with van der Waals surface area (Å²) in [6.07, 6.45) is -4.37. The zero-order chi connectivity index (χ0) is 14.2. The molecular formula is C12H9F3O3S. The third kappa shape index (κ3) is 2.70. The maximum Gasteiger partial charge on any atom is 0.430 e. The number of benzene rings is 1. The predicted octanol–water partition coefficient (Wildman–Crippen LogP) is 3.20. The second kappa shape index (κ2) is 4.80. The van der Waals surface area contributed by atoms with Crippen molar-refractivity contribution in [2.75, 3.05) is 6.26 Å². The fourth-order valence-electron chi connectivity index (χ4n) is 1.72. The van der Waals surface area contributed by atoms with Crippen LogP contribution in [0.4, 0.5) is 13.2 Å². The van der Waals surface area contributed by atoms with E-state index in [1.807, 2.05) is 6.26 Å². The topological polar surface area (TPSA) is 46.5 Å². The van der Waals surface area contributed by atoms with Crippen molar-refractivity contribution < 1.29 is 27.8 Å². The summed E-state index contributed by atoms with van der Waals surface area (Å²) in [4.78, 5) is 11.7. The summed E-state index contributed by atoms with van der Waals surface area (Å²) in [5.41, 5.74) is -0.469. The van der Waals surface area contributed by atoms with Gasteiger partial charge in [0.05, 0.1) is 5.57 Å². The molecule has 0 saturated heterocycles. The molecule has 0 bridgehead atoms. The molecule has 0 amide bonds. The van der Waals surface area contributed by atoms with Crippen molar-refractivity contribution in [2.24, 2.45) is 0 Å². The van der Waals surface area contributed by atoms with Crippen LogP contribution >= 0.6 is 11.8 Å². The Balaban J connectivity index is 2.51. The van der Waals surface area contributed by atoms with E-state index in [0.717, 1.165) is 11.0 Å². The van der Waals surface area contributed by atoms with Gasteiger partial charge in [-0.3, -0.25) is 0 Å². The number of hydrogen-bond acceptors (Lipinski definition) is 3. The van der Waals surface area contributed by atoms with Gasteiger partial charge in [-0.25, -0.2) is 4.79 Å². The number of carbonyl (C=O) groups is 1. The third-order valence-electron chi connectivity index (χ3n) is 2.60. The quantitative estimate of drug-likeness (QED) is 0.850. The first kappa shape index (κ1) is 13.8. The second-order valence-corrected chi connectivity index (χ2v) is 4.73. The highest BCUT2D eigenvalue weighted by atomic mass is 32.2. The molecule has 2 rings (SSSR count). The highest BCUT2D eigenvalue weighted by Crippen LogP contribution is 2.38. The molecule has 102 valence electrons. The van der Waals surface area contributed by atoms with Gasteiger partial charge in [-0.05, 0) is 30.5 Å². The fourth-order valence-corrected chi connectivity index (χ4v) is 2.17. The number of carboxylic acids is 1. The number of thioether (sulfide) groups is 1. The zero-order valence-corrected chi connectivity index (χ0v) is 10.5. The highest BCUT2D eigenvalue weighted by Gasteiger charge is 2.48. The SMILES string of the molecule is CSc1ccc2c(c1)C=C(C(=O)O)C(C(F)(F)F)O2. The summed E-state index contributed by atoms with van der Waals surface area (Å²) in [5.74, 6) is -1.60. The Bertz CT molecular complexity index is 552. The largest absolute Gasteiger partial charge is 0.478 e. The fraction of sp³-hybridized carbons (Fsp3) is 0.250. The summed E-state index contributed by atoms with van der Waals surface area (Å²) < 4.78 is 43.1. The Labute approximate surface area is 111 Å². The van der Waals surface area contributed by atoms with E-state index in [1.54, 1.807) is 12.1 Å². The van der Waals surface area contributed by atoms with E-state index in [1.165, 1.54) is 17.8 Å². The van der Waals surface area contributed by atoms with Gasteiger partial charge in [0.1, 0.15) is 5.75 Å². The van der Waals surface area contributed by atoms with E-state index in [2.05, 4.69) is 0 Å². The number of rotatable bonds is 2. The van der Waals surface area contributed by atoms with Crippen LogP contribution in [0.15, 0.2) is 28.7 Å². The van der Waals surface area contributed by atoms with Gasteiger partial charge in [0.15, 0.2) is 0 Å². The van der Waals surface area contributed by atoms with Crippen molar-refractivity contribution in [3.63, 3.8) is 0 Å². The van der Waals surface area contributed by atoms with Crippen molar-refractivity contribution >= 4 is 23.8 Å². The smallest absolute Gasteiger partial charge is 0.430 e. The van der Waals surface area contributed by atoms with E-state index in [9.17, 15) is 18.0 Å². The number of carboxylic acid groups (broad SMARTS) is 1. The van der Waals surface area contributed by atoms with Crippen molar-refractivity contribution in [3.8, 4) is 5.75 Å². The molecule has 0 saturated carbocycles. The standard InChI is InChI=1S/C12H9F3O3S/c1-19-7-2-3-9-6(4-7)5-8(11(16)17)10(18-9)12(13,14)15/h2-5,10H,1H3,(H,16,17). The van der Waals surface area contributed by atoms with Crippen LogP contribution in [0.25, 0.3) is 6.08 Å². The number of fused-ring (bicyclic) bond motifs is 1. The van der Waals surface area contributed by atoms with Crippen LogP contribution in [0.3, 0.4) is 0 Å².